The van der Waals surface area contributed by atoms with Crippen LogP contribution in [-0.4, -0.2) is 20.4 Å². The van der Waals surface area contributed by atoms with Gasteiger partial charge in [0.05, 0.1) is 23.0 Å². The molecule has 2 aromatic rings. The molecule has 1 atom stereocenters. The summed E-state index contributed by atoms with van der Waals surface area (Å²) in [7, 11) is -3.79. The SMILES string of the molecule is NS(=O)(=O)c1cccc(CC(=O)NN2c3cc(Br)ccc3CC2C2CC2)c1. The van der Waals surface area contributed by atoms with Gasteiger partial charge in [0, 0.05) is 4.47 Å². The highest BCUT2D eigenvalue weighted by atomic mass is 79.9. The molecular weight excluding hydrogens is 430 g/mol. The first-order chi connectivity index (χ1) is 12.8. The van der Waals surface area contributed by atoms with Gasteiger partial charge in [-0.2, -0.15) is 0 Å². The Balaban J connectivity index is 1.53. The van der Waals surface area contributed by atoms with Gasteiger partial charge in [-0.05, 0) is 60.6 Å². The van der Waals surface area contributed by atoms with Gasteiger partial charge in [0.1, 0.15) is 0 Å². The number of hydrogen-bond acceptors (Lipinski definition) is 4. The number of amides is 1. The van der Waals surface area contributed by atoms with Crippen molar-refractivity contribution in [2.75, 3.05) is 5.01 Å². The highest BCUT2D eigenvalue weighted by molar-refractivity contribution is 9.10. The Morgan fingerprint density at radius 1 is 1.22 bits per heavy atom. The Morgan fingerprint density at radius 2 is 2.00 bits per heavy atom. The average molecular weight is 450 g/mol. The molecule has 2 aromatic carbocycles. The highest BCUT2D eigenvalue weighted by Gasteiger charge is 2.41. The summed E-state index contributed by atoms with van der Waals surface area (Å²) in [6.07, 6.45) is 3.38. The lowest BCUT2D eigenvalue weighted by Crippen LogP contribution is -2.48. The summed E-state index contributed by atoms with van der Waals surface area (Å²) in [6.45, 7) is 0. The number of nitrogens with one attached hydrogen (secondary N) is 1. The maximum Gasteiger partial charge on any atom is 0.242 e. The third-order valence-electron chi connectivity index (χ3n) is 5.07. The maximum absolute atomic E-state index is 12.7. The van der Waals surface area contributed by atoms with Crippen LogP contribution in [0.25, 0.3) is 0 Å². The first-order valence-corrected chi connectivity index (χ1v) is 11.1. The summed E-state index contributed by atoms with van der Waals surface area (Å²) >= 11 is 3.50. The van der Waals surface area contributed by atoms with Crippen LogP contribution in [0, 0.1) is 5.92 Å². The van der Waals surface area contributed by atoms with E-state index in [4.69, 9.17) is 5.14 Å². The molecule has 142 valence electrons. The zero-order chi connectivity index (χ0) is 19.2. The molecule has 6 nitrogen and oxygen atoms in total. The Morgan fingerprint density at radius 3 is 2.70 bits per heavy atom. The number of nitrogens with zero attached hydrogens (tertiary/aromatic N) is 1. The molecule has 0 aromatic heterocycles. The zero-order valence-corrected chi connectivity index (χ0v) is 17.0. The summed E-state index contributed by atoms with van der Waals surface area (Å²) in [5.74, 6) is 0.419. The van der Waals surface area contributed by atoms with Crippen molar-refractivity contribution >= 4 is 37.5 Å². The number of anilines is 1. The minimum atomic E-state index is -3.79. The van der Waals surface area contributed by atoms with Crippen molar-refractivity contribution in [3.05, 3.63) is 58.1 Å². The number of nitrogens with two attached hydrogens (primary N) is 1. The minimum Gasteiger partial charge on any atom is -0.282 e. The number of benzene rings is 2. The van der Waals surface area contributed by atoms with Crippen LogP contribution in [0.15, 0.2) is 51.8 Å². The van der Waals surface area contributed by atoms with E-state index in [2.05, 4.69) is 27.4 Å². The van der Waals surface area contributed by atoms with Crippen LogP contribution in [-0.2, 0) is 27.7 Å². The van der Waals surface area contributed by atoms with Crippen LogP contribution in [0.2, 0.25) is 0 Å². The Hall–Kier alpha value is -1.90. The number of fused-ring (bicyclic) bond motifs is 1. The van der Waals surface area contributed by atoms with E-state index >= 15 is 0 Å². The molecule has 8 heteroatoms. The summed E-state index contributed by atoms with van der Waals surface area (Å²) in [6, 6.07) is 12.6. The van der Waals surface area contributed by atoms with Crippen molar-refractivity contribution < 1.29 is 13.2 Å². The van der Waals surface area contributed by atoms with E-state index in [1.54, 1.807) is 12.1 Å². The van der Waals surface area contributed by atoms with Crippen molar-refractivity contribution in [1.29, 1.82) is 0 Å². The van der Waals surface area contributed by atoms with Gasteiger partial charge in [0.25, 0.3) is 0 Å². The van der Waals surface area contributed by atoms with E-state index in [1.807, 2.05) is 17.1 Å². The lowest BCUT2D eigenvalue weighted by atomic mass is 10.1. The second-order valence-corrected chi connectivity index (χ2v) is 9.63. The predicted molar refractivity (Wildman–Crippen MR) is 106 cm³/mol. The summed E-state index contributed by atoms with van der Waals surface area (Å²) in [5, 5.41) is 7.16. The molecule has 3 N–H and O–H groups in total. The molecule has 1 heterocycles. The van der Waals surface area contributed by atoms with Crippen LogP contribution >= 0.6 is 15.9 Å². The first kappa shape index (κ1) is 18.5. The molecule has 1 saturated carbocycles. The molecule has 27 heavy (non-hydrogen) atoms. The number of sulfonamides is 1. The van der Waals surface area contributed by atoms with Crippen molar-refractivity contribution in [3.8, 4) is 0 Å². The van der Waals surface area contributed by atoms with Gasteiger partial charge in [0.2, 0.25) is 15.9 Å². The molecule has 4 rings (SSSR count). The van der Waals surface area contributed by atoms with Crippen LogP contribution < -0.4 is 15.6 Å². The van der Waals surface area contributed by atoms with Crippen LogP contribution in [0.1, 0.15) is 24.0 Å². The summed E-state index contributed by atoms with van der Waals surface area (Å²) in [4.78, 5) is 12.7. The normalized spacial score (nSPS) is 19.0. The molecule has 0 bridgehead atoms. The molecule has 0 radical (unpaired) electrons. The van der Waals surface area contributed by atoms with Crippen molar-refractivity contribution in [1.82, 2.24) is 5.43 Å². The number of primary sulfonamides is 1. The molecule has 0 spiro atoms. The van der Waals surface area contributed by atoms with E-state index in [1.165, 1.54) is 30.5 Å². The van der Waals surface area contributed by atoms with Crippen molar-refractivity contribution in [3.63, 3.8) is 0 Å². The maximum atomic E-state index is 12.7. The lowest BCUT2D eigenvalue weighted by molar-refractivity contribution is -0.120. The van der Waals surface area contributed by atoms with Gasteiger partial charge in [0.15, 0.2) is 0 Å². The quantitative estimate of drug-likeness (QED) is 0.733. The second kappa shape index (κ2) is 6.92. The lowest BCUT2D eigenvalue weighted by Gasteiger charge is -2.28. The molecule has 2 aliphatic rings. The Bertz CT molecular complexity index is 1010. The number of hydrazine groups is 1. The third kappa shape index (κ3) is 4.02. The number of hydrogen-bond donors (Lipinski definition) is 2. The van der Waals surface area contributed by atoms with Crippen LogP contribution in [0.3, 0.4) is 0 Å². The van der Waals surface area contributed by atoms with E-state index < -0.39 is 10.0 Å². The van der Waals surface area contributed by atoms with Gasteiger partial charge in [-0.1, -0.05) is 34.1 Å². The monoisotopic (exact) mass is 449 g/mol. The molecule has 1 fully saturated rings. The van der Waals surface area contributed by atoms with Crippen LogP contribution in [0.4, 0.5) is 5.69 Å². The fourth-order valence-corrected chi connectivity index (χ4v) is 4.56. The minimum absolute atomic E-state index is 0.0131. The summed E-state index contributed by atoms with van der Waals surface area (Å²) in [5.41, 5.74) is 5.89. The van der Waals surface area contributed by atoms with Gasteiger partial charge in [-0.15, -0.1) is 0 Å². The Labute approximate surface area is 166 Å². The van der Waals surface area contributed by atoms with Crippen molar-refractivity contribution in [2.45, 2.75) is 36.6 Å². The van der Waals surface area contributed by atoms with E-state index in [-0.39, 0.29) is 23.3 Å². The fourth-order valence-electron chi connectivity index (χ4n) is 3.62. The second-order valence-electron chi connectivity index (χ2n) is 7.16. The number of carbonyl (C=O) groups is 1. The molecule has 1 aliphatic carbocycles. The standard InChI is InChI=1S/C19H20BrN3O3S/c20-15-7-6-14-10-17(13-4-5-13)23(18(14)11-15)22-19(24)9-12-2-1-3-16(8-12)27(21,25)26/h1-3,6-8,11,13,17H,4-5,9-10H2,(H,22,24)(H2,21,25,26). The molecule has 1 aliphatic heterocycles. The van der Waals surface area contributed by atoms with Crippen LogP contribution in [0.5, 0.6) is 0 Å². The zero-order valence-electron chi connectivity index (χ0n) is 14.6. The van der Waals surface area contributed by atoms with Crippen molar-refractivity contribution in [2.24, 2.45) is 11.1 Å². The molecule has 0 saturated heterocycles. The Kier molecular flexibility index (Phi) is 4.73. The van der Waals surface area contributed by atoms with Gasteiger partial charge in [-0.3, -0.25) is 15.2 Å². The average Bonchev–Trinajstić information content (AvgIpc) is 3.38. The topological polar surface area (TPSA) is 92.5 Å². The first-order valence-electron chi connectivity index (χ1n) is 8.80. The smallest absolute Gasteiger partial charge is 0.242 e. The molecule has 1 amide bonds. The third-order valence-corrected chi connectivity index (χ3v) is 6.47. The number of rotatable bonds is 5. The van der Waals surface area contributed by atoms with E-state index in [0.29, 0.717) is 11.5 Å². The van der Waals surface area contributed by atoms with Gasteiger partial charge < -0.3 is 0 Å². The largest absolute Gasteiger partial charge is 0.282 e. The number of halogens is 1. The summed E-state index contributed by atoms with van der Waals surface area (Å²) < 4.78 is 24.0. The molecular formula is C19H20BrN3O3S. The van der Waals surface area contributed by atoms with E-state index in [0.717, 1.165) is 16.6 Å². The van der Waals surface area contributed by atoms with Gasteiger partial charge in [-0.25, -0.2) is 13.6 Å². The highest BCUT2D eigenvalue weighted by Crippen LogP contribution is 2.43. The van der Waals surface area contributed by atoms with E-state index in [9.17, 15) is 13.2 Å². The molecule has 1 unspecified atom stereocenters. The fraction of sp³-hybridized carbons (Fsp3) is 0.316. The van der Waals surface area contributed by atoms with Gasteiger partial charge >= 0.3 is 0 Å². The predicted octanol–water partition coefficient (Wildman–Crippen LogP) is 2.51. The number of carbonyl (C=O) groups excluding carboxylic acids is 1.